The molecule has 1 saturated heterocycles. The minimum Gasteiger partial charge on any atom is -0.476 e. The quantitative estimate of drug-likeness (QED) is 0.682. The maximum Gasteiger partial charge on any atom is 0.265 e. The molecule has 150 valence electrons. The molecule has 2 aromatic rings. The van der Waals surface area contributed by atoms with Crippen molar-refractivity contribution in [1.82, 2.24) is 10.2 Å². The Morgan fingerprint density at radius 3 is 2.29 bits per heavy atom. The van der Waals surface area contributed by atoms with Gasteiger partial charge in [-0.2, -0.15) is 0 Å². The van der Waals surface area contributed by atoms with Crippen LogP contribution in [0.1, 0.15) is 51.2 Å². The largest absolute Gasteiger partial charge is 0.476 e. The minimum atomic E-state index is -0.642. The van der Waals surface area contributed by atoms with E-state index in [-0.39, 0.29) is 5.91 Å². The fourth-order valence-electron chi connectivity index (χ4n) is 4.02. The van der Waals surface area contributed by atoms with E-state index < -0.39 is 6.10 Å². The summed E-state index contributed by atoms with van der Waals surface area (Å²) >= 11 is 0. The molecular weight excluding hydrogens is 348 g/mol. The van der Waals surface area contributed by atoms with Crippen molar-refractivity contribution in [1.29, 1.82) is 0 Å². The second kappa shape index (κ2) is 10.3. The van der Waals surface area contributed by atoms with Crippen LogP contribution in [-0.2, 0) is 4.79 Å². The topological polar surface area (TPSA) is 41.6 Å². The highest BCUT2D eigenvalue weighted by Gasteiger charge is 2.25. The van der Waals surface area contributed by atoms with Crippen LogP contribution in [0.2, 0.25) is 0 Å². The fourth-order valence-corrected chi connectivity index (χ4v) is 4.02. The molecule has 1 amide bonds. The van der Waals surface area contributed by atoms with Crippen molar-refractivity contribution in [2.45, 2.75) is 57.7 Å². The number of para-hydroxylation sites is 1. The highest BCUT2D eigenvalue weighted by molar-refractivity contribution is 5.82. The molecule has 3 rings (SSSR count). The molecule has 3 atom stereocenters. The third-order valence-corrected chi connectivity index (χ3v) is 5.61. The van der Waals surface area contributed by atoms with Crippen LogP contribution in [-0.4, -0.2) is 36.0 Å². The molecule has 1 aliphatic rings. The van der Waals surface area contributed by atoms with E-state index in [0.29, 0.717) is 24.4 Å². The van der Waals surface area contributed by atoms with Crippen molar-refractivity contribution in [3.63, 3.8) is 0 Å². The zero-order valence-electron chi connectivity index (χ0n) is 17.0. The molecule has 0 saturated carbocycles. The number of ether oxygens (including phenoxy) is 1. The van der Waals surface area contributed by atoms with E-state index >= 15 is 0 Å². The Kier molecular flexibility index (Phi) is 7.49. The zero-order valence-corrected chi connectivity index (χ0v) is 17.0. The van der Waals surface area contributed by atoms with E-state index in [1.54, 1.807) is 0 Å². The fraction of sp³-hybridized carbons (Fsp3) is 0.458. The number of amides is 1. The summed E-state index contributed by atoms with van der Waals surface area (Å²) in [5.74, 6) is 0.609. The van der Waals surface area contributed by atoms with Crippen LogP contribution in [0.25, 0.3) is 0 Å². The monoisotopic (exact) mass is 380 g/mol. The van der Waals surface area contributed by atoms with Crippen LogP contribution in [0.5, 0.6) is 5.75 Å². The van der Waals surface area contributed by atoms with E-state index in [1.165, 1.54) is 19.3 Å². The van der Waals surface area contributed by atoms with Gasteiger partial charge in [0.1, 0.15) is 5.75 Å². The molecular formula is C24H32N2O2. The molecule has 0 aromatic heterocycles. The van der Waals surface area contributed by atoms with Crippen molar-refractivity contribution in [3.8, 4) is 5.75 Å². The molecule has 0 aliphatic carbocycles. The van der Waals surface area contributed by atoms with Crippen LogP contribution in [0, 0.1) is 0 Å². The molecule has 1 fully saturated rings. The Bertz CT molecular complexity index is 710. The minimum absolute atomic E-state index is 0.0882. The molecule has 0 bridgehead atoms. The Morgan fingerprint density at radius 1 is 1.04 bits per heavy atom. The van der Waals surface area contributed by atoms with Gasteiger partial charge in [0.15, 0.2) is 0 Å². The summed E-state index contributed by atoms with van der Waals surface area (Å²) in [6.07, 6.45) is 4.19. The Balaban J connectivity index is 1.55. The third-order valence-electron chi connectivity index (χ3n) is 5.61. The molecule has 4 nitrogen and oxygen atoms in total. The number of benzene rings is 2. The summed E-state index contributed by atoms with van der Waals surface area (Å²) in [5, 5.41) is 3.08. The number of nitrogens with zero attached hydrogens (tertiary/aromatic N) is 1. The molecule has 1 heterocycles. The first kappa shape index (κ1) is 20.4. The number of carbonyl (C=O) groups excluding carboxylic acids is 1. The van der Waals surface area contributed by atoms with Gasteiger partial charge in [0.05, 0.1) is 0 Å². The smallest absolute Gasteiger partial charge is 0.265 e. The van der Waals surface area contributed by atoms with E-state index in [4.69, 9.17) is 4.74 Å². The van der Waals surface area contributed by atoms with Crippen molar-refractivity contribution in [2.75, 3.05) is 13.1 Å². The average molecular weight is 381 g/mol. The normalized spacial score (nSPS) is 21.1. The van der Waals surface area contributed by atoms with Crippen molar-refractivity contribution in [2.24, 2.45) is 0 Å². The summed E-state index contributed by atoms with van der Waals surface area (Å²) in [4.78, 5) is 15.5. The first-order valence-electron chi connectivity index (χ1n) is 10.5. The first-order chi connectivity index (χ1) is 13.6. The van der Waals surface area contributed by atoms with Gasteiger partial charge >= 0.3 is 0 Å². The van der Waals surface area contributed by atoms with Gasteiger partial charge in [-0.05, 0) is 45.2 Å². The Labute approximate surface area is 168 Å². The Hall–Kier alpha value is -2.33. The van der Waals surface area contributed by atoms with Gasteiger partial charge in [-0.1, -0.05) is 55.0 Å². The van der Waals surface area contributed by atoms with Gasteiger partial charge in [0, 0.05) is 30.7 Å². The molecule has 1 aliphatic heterocycles. The zero-order chi connectivity index (χ0) is 19.8. The van der Waals surface area contributed by atoms with Crippen molar-refractivity contribution < 1.29 is 9.53 Å². The van der Waals surface area contributed by atoms with Gasteiger partial charge < -0.3 is 10.1 Å². The lowest BCUT2D eigenvalue weighted by Crippen LogP contribution is -2.45. The number of nitrogens with one attached hydrogen (secondary N) is 1. The molecule has 1 N–H and O–H groups in total. The summed E-state index contributed by atoms with van der Waals surface area (Å²) in [6.45, 7) is 6.31. The highest BCUT2D eigenvalue weighted by atomic mass is 16.5. The summed E-state index contributed by atoms with van der Waals surface area (Å²) in [7, 11) is 0. The lowest BCUT2D eigenvalue weighted by molar-refractivity contribution is -0.128. The second-order valence-electron chi connectivity index (χ2n) is 7.73. The molecule has 0 spiro atoms. The second-order valence-corrected chi connectivity index (χ2v) is 7.73. The SMILES string of the molecule is CC1CCCC(C)N1CCCNC(=O)C(Oc1ccccc1)c1ccccc1. The number of hydrogen-bond acceptors (Lipinski definition) is 3. The van der Waals surface area contributed by atoms with Gasteiger partial charge in [0.2, 0.25) is 6.10 Å². The number of piperidine rings is 1. The predicted octanol–water partition coefficient (Wildman–Crippen LogP) is 4.58. The lowest BCUT2D eigenvalue weighted by Gasteiger charge is -2.39. The van der Waals surface area contributed by atoms with Crippen LogP contribution >= 0.6 is 0 Å². The Morgan fingerprint density at radius 2 is 1.64 bits per heavy atom. The summed E-state index contributed by atoms with van der Waals surface area (Å²) < 4.78 is 6.02. The number of carbonyl (C=O) groups is 1. The van der Waals surface area contributed by atoms with Gasteiger partial charge in [-0.15, -0.1) is 0 Å². The molecule has 2 aromatic carbocycles. The maximum absolute atomic E-state index is 12.9. The summed E-state index contributed by atoms with van der Waals surface area (Å²) in [6, 6.07) is 20.5. The molecule has 28 heavy (non-hydrogen) atoms. The number of hydrogen-bond donors (Lipinski definition) is 1. The summed E-state index contributed by atoms with van der Waals surface area (Å²) in [5.41, 5.74) is 0.863. The predicted molar refractivity (Wildman–Crippen MR) is 113 cm³/mol. The van der Waals surface area contributed by atoms with Crippen LogP contribution < -0.4 is 10.1 Å². The van der Waals surface area contributed by atoms with Crippen LogP contribution in [0.15, 0.2) is 60.7 Å². The van der Waals surface area contributed by atoms with E-state index in [2.05, 4.69) is 24.1 Å². The van der Waals surface area contributed by atoms with Gasteiger partial charge in [-0.25, -0.2) is 0 Å². The molecule has 0 radical (unpaired) electrons. The van der Waals surface area contributed by atoms with E-state index in [9.17, 15) is 4.79 Å². The maximum atomic E-state index is 12.9. The van der Waals surface area contributed by atoms with Crippen LogP contribution in [0.4, 0.5) is 0 Å². The number of likely N-dealkylation sites (tertiary alicyclic amines) is 1. The first-order valence-corrected chi connectivity index (χ1v) is 10.5. The van der Waals surface area contributed by atoms with Crippen molar-refractivity contribution in [3.05, 3.63) is 66.2 Å². The van der Waals surface area contributed by atoms with Gasteiger partial charge in [0.25, 0.3) is 5.91 Å². The third kappa shape index (κ3) is 5.59. The van der Waals surface area contributed by atoms with E-state index in [1.807, 2.05) is 60.7 Å². The van der Waals surface area contributed by atoms with E-state index in [0.717, 1.165) is 18.5 Å². The molecule has 4 heteroatoms. The van der Waals surface area contributed by atoms with Crippen molar-refractivity contribution >= 4 is 5.91 Å². The molecule has 3 unspecified atom stereocenters. The standard InChI is InChI=1S/C24H32N2O2/c1-19-11-9-12-20(2)26(19)18-10-17-25-24(27)23(21-13-5-3-6-14-21)28-22-15-7-4-8-16-22/h3-8,13-16,19-20,23H,9-12,17-18H2,1-2H3,(H,25,27). The highest BCUT2D eigenvalue weighted by Crippen LogP contribution is 2.23. The average Bonchev–Trinajstić information content (AvgIpc) is 2.72. The number of rotatable bonds is 8. The lowest BCUT2D eigenvalue weighted by atomic mass is 9.97. The van der Waals surface area contributed by atoms with Crippen LogP contribution in [0.3, 0.4) is 0 Å². The van der Waals surface area contributed by atoms with Gasteiger partial charge in [-0.3, -0.25) is 9.69 Å².